The number of hydrogen-bond donors (Lipinski definition) is 1. The van der Waals surface area contributed by atoms with Crippen LogP contribution in [0.25, 0.3) is 0 Å². The molecular weight excluding hydrogens is 469 g/mol. The van der Waals surface area contributed by atoms with Gasteiger partial charge in [0.05, 0.1) is 17.9 Å². The molecule has 1 aromatic carbocycles. The fourth-order valence-electron chi connectivity index (χ4n) is 6.00. The Labute approximate surface area is 219 Å². The van der Waals surface area contributed by atoms with Gasteiger partial charge in [-0.25, -0.2) is 4.39 Å². The number of nitrogens with one attached hydrogen (secondary N) is 1. The Kier molecular flexibility index (Phi) is 7.07. The van der Waals surface area contributed by atoms with Gasteiger partial charge < -0.3 is 15.1 Å². The van der Waals surface area contributed by atoms with Crippen LogP contribution >= 0.6 is 0 Å². The maximum Gasteiger partial charge on any atom is 0.241 e. The Bertz CT molecular complexity index is 1170. The van der Waals surface area contributed by atoms with E-state index < -0.39 is 0 Å². The van der Waals surface area contributed by atoms with Crippen molar-refractivity contribution in [1.29, 1.82) is 0 Å². The predicted octanol–water partition coefficient (Wildman–Crippen LogP) is 2.97. The maximum absolute atomic E-state index is 13.8. The van der Waals surface area contributed by atoms with Gasteiger partial charge in [0.15, 0.2) is 0 Å². The molecule has 37 heavy (non-hydrogen) atoms. The zero-order valence-electron chi connectivity index (χ0n) is 22.3. The summed E-state index contributed by atoms with van der Waals surface area (Å²) in [5.74, 6) is 0.414. The van der Waals surface area contributed by atoms with Crippen molar-refractivity contribution in [2.75, 3.05) is 44.2 Å². The number of benzene rings is 1. The van der Waals surface area contributed by atoms with Gasteiger partial charge in [-0.3, -0.25) is 19.5 Å². The Hall–Kier alpha value is -2.84. The molecule has 7 nitrogen and oxygen atoms in total. The van der Waals surface area contributed by atoms with E-state index in [-0.39, 0.29) is 35.1 Å². The Morgan fingerprint density at radius 3 is 2.62 bits per heavy atom. The van der Waals surface area contributed by atoms with Gasteiger partial charge in [0.2, 0.25) is 11.8 Å². The standard InChI is InChI=1S/C29H38FN5O2/c1-19-9-26(36)34(14-19)16-24-13-31-20(2)15-33(24)17-27(37)35-18-29(3,4)28-25(35)11-22(12-32-28)10-21-5-7-23(30)8-6-21/h5-8,11-12,19-20,24,31H,9-10,13-18H2,1-4H3/t19-,20?,24+/m0/s1. The van der Waals surface area contributed by atoms with E-state index in [4.69, 9.17) is 4.98 Å². The van der Waals surface area contributed by atoms with E-state index in [9.17, 15) is 14.0 Å². The van der Waals surface area contributed by atoms with Crippen LogP contribution in [0.15, 0.2) is 36.5 Å². The van der Waals surface area contributed by atoms with Crippen LogP contribution in [0, 0.1) is 11.7 Å². The molecule has 5 rings (SSSR count). The molecule has 8 heteroatoms. The van der Waals surface area contributed by atoms with Gasteiger partial charge in [0, 0.05) is 62.8 Å². The summed E-state index contributed by atoms with van der Waals surface area (Å²) in [6, 6.07) is 8.96. The first-order valence-corrected chi connectivity index (χ1v) is 13.4. The van der Waals surface area contributed by atoms with E-state index in [0.717, 1.165) is 42.1 Å². The second-order valence-electron chi connectivity index (χ2n) is 11.9. The number of likely N-dealkylation sites (tertiary alicyclic amines) is 1. The van der Waals surface area contributed by atoms with Crippen LogP contribution in [-0.4, -0.2) is 78.0 Å². The van der Waals surface area contributed by atoms with Crippen LogP contribution in [0.4, 0.5) is 10.1 Å². The molecule has 0 bridgehead atoms. The van der Waals surface area contributed by atoms with Crippen LogP contribution in [0.3, 0.4) is 0 Å². The lowest BCUT2D eigenvalue weighted by atomic mass is 9.91. The van der Waals surface area contributed by atoms with Crippen molar-refractivity contribution in [3.8, 4) is 0 Å². The van der Waals surface area contributed by atoms with E-state index in [1.165, 1.54) is 12.1 Å². The smallest absolute Gasteiger partial charge is 0.241 e. The third kappa shape index (κ3) is 5.55. The first-order valence-electron chi connectivity index (χ1n) is 13.4. The van der Waals surface area contributed by atoms with Gasteiger partial charge in [0.25, 0.3) is 0 Å². The molecule has 2 amide bonds. The normalized spacial score (nSPS) is 25.5. The summed E-state index contributed by atoms with van der Waals surface area (Å²) in [4.78, 5) is 37.1. The van der Waals surface area contributed by atoms with Gasteiger partial charge in [-0.2, -0.15) is 0 Å². The molecule has 3 atom stereocenters. The Morgan fingerprint density at radius 2 is 1.92 bits per heavy atom. The van der Waals surface area contributed by atoms with Crippen molar-refractivity contribution in [2.45, 2.75) is 58.0 Å². The highest BCUT2D eigenvalue weighted by molar-refractivity contribution is 5.97. The van der Waals surface area contributed by atoms with Gasteiger partial charge >= 0.3 is 0 Å². The minimum Gasteiger partial charge on any atom is -0.341 e. The molecule has 0 radical (unpaired) electrons. The third-order valence-electron chi connectivity index (χ3n) is 7.94. The number of hydrogen-bond acceptors (Lipinski definition) is 5. The minimum absolute atomic E-state index is 0.0628. The number of piperazine rings is 1. The number of pyridine rings is 1. The molecule has 3 aliphatic heterocycles. The molecule has 0 saturated carbocycles. The number of carbonyl (C=O) groups is 2. The number of rotatable bonds is 6. The average molecular weight is 508 g/mol. The molecule has 3 aliphatic rings. The van der Waals surface area contributed by atoms with Crippen LogP contribution in [-0.2, 0) is 21.4 Å². The largest absolute Gasteiger partial charge is 0.341 e. The number of carbonyl (C=O) groups excluding carboxylic acids is 2. The quantitative estimate of drug-likeness (QED) is 0.651. The van der Waals surface area contributed by atoms with Crippen molar-refractivity contribution in [2.24, 2.45) is 5.92 Å². The van der Waals surface area contributed by atoms with E-state index in [1.54, 1.807) is 12.1 Å². The van der Waals surface area contributed by atoms with Crippen LogP contribution in [0.1, 0.15) is 50.9 Å². The summed E-state index contributed by atoms with van der Waals surface area (Å²) in [5.41, 5.74) is 3.56. The van der Waals surface area contributed by atoms with Crippen LogP contribution in [0.5, 0.6) is 0 Å². The second kappa shape index (κ2) is 10.1. The van der Waals surface area contributed by atoms with Crippen molar-refractivity contribution < 1.29 is 14.0 Å². The van der Waals surface area contributed by atoms with Crippen molar-refractivity contribution in [3.05, 3.63) is 59.2 Å². The number of fused-ring (bicyclic) bond motifs is 1. The first-order chi connectivity index (χ1) is 17.6. The van der Waals surface area contributed by atoms with Gasteiger partial charge in [-0.15, -0.1) is 0 Å². The number of amides is 2. The molecule has 1 N–H and O–H groups in total. The number of nitrogens with zero attached hydrogens (tertiary/aromatic N) is 4. The summed E-state index contributed by atoms with van der Waals surface area (Å²) < 4.78 is 13.3. The van der Waals surface area contributed by atoms with Gasteiger partial charge in [-0.1, -0.05) is 32.9 Å². The lowest BCUT2D eigenvalue weighted by Gasteiger charge is -2.41. The highest BCUT2D eigenvalue weighted by Crippen LogP contribution is 2.39. The summed E-state index contributed by atoms with van der Waals surface area (Å²) >= 11 is 0. The zero-order chi connectivity index (χ0) is 26.3. The molecular formula is C29H38FN5O2. The van der Waals surface area contributed by atoms with Crippen molar-refractivity contribution in [3.63, 3.8) is 0 Å². The maximum atomic E-state index is 13.8. The molecule has 2 aromatic rings. The fourth-order valence-corrected chi connectivity index (χ4v) is 6.00. The summed E-state index contributed by atoms with van der Waals surface area (Å²) in [6.45, 7) is 12.4. The van der Waals surface area contributed by atoms with E-state index in [2.05, 4.69) is 44.0 Å². The molecule has 0 aliphatic carbocycles. The first kappa shape index (κ1) is 25.8. The van der Waals surface area contributed by atoms with Crippen molar-refractivity contribution >= 4 is 17.5 Å². The van der Waals surface area contributed by atoms with E-state index in [0.29, 0.717) is 38.4 Å². The monoisotopic (exact) mass is 507 g/mol. The summed E-state index contributed by atoms with van der Waals surface area (Å²) in [5, 5.41) is 3.53. The predicted molar refractivity (Wildman–Crippen MR) is 142 cm³/mol. The van der Waals surface area contributed by atoms with E-state index in [1.807, 2.05) is 16.0 Å². The molecule has 0 spiro atoms. The van der Waals surface area contributed by atoms with Crippen LogP contribution < -0.4 is 10.2 Å². The van der Waals surface area contributed by atoms with Crippen molar-refractivity contribution in [1.82, 2.24) is 20.1 Å². The Morgan fingerprint density at radius 1 is 1.16 bits per heavy atom. The number of aromatic nitrogens is 1. The molecule has 1 aromatic heterocycles. The lowest BCUT2D eigenvalue weighted by molar-refractivity contribution is -0.128. The minimum atomic E-state index is -0.251. The molecule has 198 valence electrons. The Balaban J connectivity index is 1.33. The topological polar surface area (TPSA) is 68.8 Å². The van der Waals surface area contributed by atoms with Crippen LogP contribution in [0.2, 0.25) is 0 Å². The molecule has 4 heterocycles. The summed E-state index contributed by atoms with van der Waals surface area (Å²) in [7, 11) is 0. The number of halogens is 1. The van der Waals surface area contributed by atoms with E-state index >= 15 is 0 Å². The molecule has 1 unspecified atom stereocenters. The molecule has 2 saturated heterocycles. The average Bonchev–Trinajstić information content (AvgIpc) is 3.30. The highest BCUT2D eigenvalue weighted by Gasteiger charge is 2.41. The second-order valence-corrected chi connectivity index (χ2v) is 11.9. The third-order valence-corrected chi connectivity index (χ3v) is 7.94. The number of anilines is 1. The molecule has 2 fully saturated rings. The highest BCUT2D eigenvalue weighted by atomic mass is 19.1. The summed E-state index contributed by atoms with van der Waals surface area (Å²) in [6.07, 6.45) is 3.12. The van der Waals surface area contributed by atoms with Gasteiger partial charge in [-0.05, 0) is 48.6 Å². The van der Waals surface area contributed by atoms with Gasteiger partial charge in [0.1, 0.15) is 5.82 Å². The fraction of sp³-hybridized carbons (Fsp3) is 0.552. The lowest BCUT2D eigenvalue weighted by Crippen LogP contribution is -2.61. The SMILES string of the molecule is CC1CN(CC(=O)N2CC(C)(C)c3ncc(Cc4ccc(F)cc4)cc32)[C@@H](CN2C[C@@H](C)CC2=O)CN1. The zero-order valence-corrected chi connectivity index (χ0v) is 22.3.